The molecule has 0 atom stereocenters. The lowest BCUT2D eigenvalue weighted by atomic mass is 10.1. The number of halogens is 1. The molecule has 0 spiro atoms. The minimum atomic E-state index is -0.431. The number of carbonyl (C=O) groups is 2. The van der Waals surface area contributed by atoms with Gasteiger partial charge in [0.25, 0.3) is 0 Å². The van der Waals surface area contributed by atoms with E-state index in [1.165, 1.54) is 12.2 Å². The van der Waals surface area contributed by atoms with Crippen LogP contribution in [0, 0.1) is 6.92 Å². The number of benzene rings is 5. The molecule has 0 aliphatic rings. The number of aromatic hydroxyl groups is 4. The van der Waals surface area contributed by atoms with Crippen molar-refractivity contribution in [3.05, 3.63) is 142 Å². The molecule has 11 heteroatoms. The Morgan fingerprint density at radius 3 is 1.70 bits per heavy atom. The van der Waals surface area contributed by atoms with Gasteiger partial charge in [0.05, 0.1) is 0 Å². The van der Waals surface area contributed by atoms with E-state index in [4.69, 9.17) is 21.1 Å². The number of hydrogen-bond donors (Lipinski definition) is 4. The lowest BCUT2D eigenvalue weighted by Gasteiger charge is -2.20. The summed E-state index contributed by atoms with van der Waals surface area (Å²) in [7, 11) is 0. The minimum Gasteiger partial charge on any atom is -0.508 e. The van der Waals surface area contributed by atoms with Gasteiger partial charge in [-0.15, -0.1) is 0 Å². The van der Waals surface area contributed by atoms with E-state index < -0.39 is 11.9 Å². The Labute approximate surface area is 340 Å². The summed E-state index contributed by atoms with van der Waals surface area (Å²) in [5.41, 5.74) is 4.38. The molecule has 0 aliphatic heterocycles. The van der Waals surface area contributed by atoms with Gasteiger partial charge in [0.2, 0.25) is 0 Å². The monoisotopic (exact) mass is 796 g/mol. The molecule has 5 rings (SSSR count). The van der Waals surface area contributed by atoms with E-state index in [-0.39, 0.29) is 43.6 Å². The summed E-state index contributed by atoms with van der Waals surface area (Å²) < 4.78 is 10.5. The predicted octanol–water partition coefficient (Wildman–Crippen LogP) is 9.10. The molecule has 0 bridgehead atoms. The number of fused-ring (bicyclic) bond motifs is 1. The predicted molar refractivity (Wildman–Crippen MR) is 228 cm³/mol. The maximum Gasteiger partial charge on any atom is 0.330 e. The van der Waals surface area contributed by atoms with Crippen LogP contribution in [-0.2, 0) is 32.2 Å². The topological polar surface area (TPSA) is 140 Å². The fraction of sp³-hybridized carbons (Fsp3) is 0.261. The molecule has 0 amide bonds. The molecule has 5 aromatic carbocycles. The Morgan fingerprint density at radius 2 is 1.11 bits per heavy atom. The summed E-state index contributed by atoms with van der Waals surface area (Å²) in [5, 5.41) is 41.2. The molecular weight excluding hydrogens is 744 g/mol. The van der Waals surface area contributed by atoms with Crippen LogP contribution < -0.4 is 0 Å². The molecule has 0 fully saturated rings. The molecule has 57 heavy (non-hydrogen) atoms. The first-order valence-electron chi connectivity index (χ1n) is 18.3. The van der Waals surface area contributed by atoms with Crippen molar-refractivity contribution in [1.82, 2.24) is 9.80 Å². The van der Waals surface area contributed by atoms with Crippen LogP contribution in [0.25, 0.3) is 22.9 Å². The van der Waals surface area contributed by atoms with Gasteiger partial charge in [-0.05, 0) is 109 Å². The van der Waals surface area contributed by atoms with Gasteiger partial charge in [0.15, 0.2) is 0 Å². The molecule has 0 aliphatic carbocycles. The normalized spacial score (nSPS) is 11.1. The van der Waals surface area contributed by atoms with Gasteiger partial charge < -0.3 is 29.9 Å². The summed E-state index contributed by atoms with van der Waals surface area (Å²) in [4.78, 5) is 28.0. The number of hydrogen-bond acceptors (Lipinski definition) is 10. The van der Waals surface area contributed by atoms with Gasteiger partial charge >= 0.3 is 11.9 Å². The van der Waals surface area contributed by atoms with Crippen LogP contribution in [0.4, 0.5) is 0 Å². The molecule has 0 unspecified atom stereocenters. The zero-order chi connectivity index (χ0) is 40.5. The average molecular weight is 797 g/mol. The summed E-state index contributed by atoms with van der Waals surface area (Å²) in [5.74, 6) is 0.0597. The molecule has 0 saturated carbocycles. The zero-order valence-electron chi connectivity index (χ0n) is 31.9. The Kier molecular flexibility index (Phi) is 18.6. The third-order valence-corrected chi connectivity index (χ3v) is 9.06. The number of aryl methyl sites for hydroxylation is 1. The van der Waals surface area contributed by atoms with Crippen LogP contribution >= 0.6 is 11.6 Å². The number of carbonyl (C=O) groups excluding carboxylic acids is 2. The lowest BCUT2D eigenvalue weighted by molar-refractivity contribution is -0.139. The zero-order valence-corrected chi connectivity index (χ0v) is 32.7. The van der Waals surface area contributed by atoms with Crippen LogP contribution in [0.1, 0.15) is 49.1 Å². The first-order chi connectivity index (χ1) is 26.9. The Balaban J connectivity index is 0.000000303. The highest BCUT2D eigenvalue weighted by Gasteiger charge is 2.11. The summed E-state index contributed by atoms with van der Waals surface area (Å²) >= 11 is 5.96. The van der Waals surface area contributed by atoms with Gasteiger partial charge in [-0.1, -0.05) is 80.9 Å². The maximum absolute atomic E-state index is 12.1. The van der Waals surface area contributed by atoms with Crippen molar-refractivity contribution in [2.75, 3.05) is 39.4 Å². The van der Waals surface area contributed by atoms with Crippen molar-refractivity contribution in [1.29, 1.82) is 0 Å². The van der Waals surface area contributed by atoms with Gasteiger partial charge in [0.1, 0.15) is 36.2 Å². The summed E-state index contributed by atoms with van der Waals surface area (Å²) in [6.45, 7) is 10.3. The fourth-order valence-corrected chi connectivity index (χ4v) is 5.81. The van der Waals surface area contributed by atoms with Crippen LogP contribution in [-0.4, -0.2) is 81.6 Å². The van der Waals surface area contributed by atoms with Crippen molar-refractivity contribution >= 4 is 46.5 Å². The van der Waals surface area contributed by atoms with Crippen molar-refractivity contribution < 1.29 is 39.5 Å². The quantitative estimate of drug-likeness (QED) is 0.0565. The van der Waals surface area contributed by atoms with Gasteiger partial charge in [-0.25, -0.2) is 9.59 Å². The molecule has 0 saturated heterocycles. The molecule has 0 aromatic heterocycles. The van der Waals surface area contributed by atoms with Gasteiger partial charge in [0, 0.05) is 54.5 Å². The van der Waals surface area contributed by atoms with E-state index in [2.05, 4.69) is 4.90 Å². The average Bonchev–Trinajstić information content (AvgIpc) is 3.18. The van der Waals surface area contributed by atoms with Crippen LogP contribution in [0.5, 0.6) is 23.0 Å². The Bertz CT molecular complexity index is 2120. The van der Waals surface area contributed by atoms with E-state index in [1.54, 1.807) is 72.8 Å². The second-order valence-electron chi connectivity index (χ2n) is 13.0. The highest BCUT2D eigenvalue weighted by Crippen LogP contribution is 2.24. The second-order valence-corrected chi connectivity index (χ2v) is 13.5. The largest absolute Gasteiger partial charge is 0.508 e. The first kappa shape index (κ1) is 45.6. The molecule has 5 aromatic rings. The second kappa shape index (κ2) is 23.3. The summed E-state index contributed by atoms with van der Waals surface area (Å²) in [6, 6.07) is 27.9. The van der Waals surface area contributed by atoms with E-state index >= 15 is 0 Å². The molecule has 0 radical (unpaired) electrons. The van der Waals surface area contributed by atoms with Crippen LogP contribution in [0.15, 0.2) is 109 Å². The van der Waals surface area contributed by atoms with E-state index in [0.29, 0.717) is 31.2 Å². The number of ether oxygens (including phenoxy) is 2. The van der Waals surface area contributed by atoms with E-state index in [1.807, 2.05) is 62.1 Å². The van der Waals surface area contributed by atoms with Crippen molar-refractivity contribution in [3.63, 3.8) is 0 Å². The first-order valence-corrected chi connectivity index (χ1v) is 18.7. The van der Waals surface area contributed by atoms with E-state index in [9.17, 15) is 30.0 Å². The molecular formula is C46H53ClN2O8. The molecule has 4 N–H and O–H groups in total. The molecule has 0 heterocycles. The molecule has 302 valence electrons. The number of phenols is 4. The molecule has 10 nitrogen and oxygen atoms in total. The standard InChI is InChI=1S/C25H27NO4.C20H22ClNO4.CH4/c1-3-26(17-22-14-18(2)4-10-24(22)28)12-13-30-25(29)11-6-19-5-7-21-16-23(27)9-8-20(21)15-19;1-2-22(14-16-13-17(21)6-9-19(16)24)11-12-26-20(25)10-5-15-3-7-18(23)8-4-15;/h4-11,14-16,27-28H,3,12-13,17H2,1-2H3;3-10,13,23-24H,2,11-12,14H2,1H3;1H4/b11-6+;10-5+;. The number of esters is 2. The third kappa shape index (κ3) is 15.7. The van der Waals surface area contributed by atoms with Crippen molar-refractivity contribution in [2.45, 2.75) is 41.3 Å². The highest BCUT2D eigenvalue weighted by atomic mass is 35.5. The Hall–Kier alpha value is -5.81. The van der Waals surface area contributed by atoms with Gasteiger partial charge in [-0.2, -0.15) is 0 Å². The summed E-state index contributed by atoms with van der Waals surface area (Å²) in [6.07, 6.45) is 6.12. The minimum absolute atomic E-state index is 0. The van der Waals surface area contributed by atoms with Crippen LogP contribution in [0.3, 0.4) is 0 Å². The number of likely N-dealkylation sites (N-methyl/N-ethyl adjacent to an activating group) is 2. The lowest BCUT2D eigenvalue weighted by Crippen LogP contribution is -2.27. The SMILES string of the molecule is C.CCN(CCOC(=O)/C=C/c1ccc(O)cc1)Cc1cc(Cl)ccc1O.CCN(CCOC(=O)/C=C/c1ccc2cc(O)ccc2c1)Cc1cc(C)ccc1O. The fourth-order valence-electron chi connectivity index (χ4n) is 5.62. The highest BCUT2D eigenvalue weighted by molar-refractivity contribution is 6.30. The van der Waals surface area contributed by atoms with Crippen molar-refractivity contribution in [3.8, 4) is 23.0 Å². The van der Waals surface area contributed by atoms with Crippen molar-refractivity contribution in [2.24, 2.45) is 0 Å². The number of rotatable bonds is 16. The Morgan fingerprint density at radius 1 is 0.614 bits per heavy atom. The number of nitrogens with zero attached hydrogens (tertiary/aromatic N) is 2. The van der Waals surface area contributed by atoms with Gasteiger partial charge in [-0.3, -0.25) is 9.80 Å². The third-order valence-electron chi connectivity index (χ3n) is 8.83. The smallest absolute Gasteiger partial charge is 0.330 e. The van der Waals surface area contributed by atoms with E-state index in [0.717, 1.165) is 51.7 Å². The number of phenolic OH excluding ortho intramolecular Hbond substituents is 4. The van der Waals surface area contributed by atoms with Crippen LogP contribution in [0.2, 0.25) is 5.02 Å². The maximum atomic E-state index is 12.1.